The fourth-order valence-corrected chi connectivity index (χ4v) is 4.80. The van der Waals surface area contributed by atoms with Gasteiger partial charge in [-0.15, -0.1) is 0 Å². The van der Waals surface area contributed by atoms with Crippen LogP contribution in [-0.2, 0) is 10.0 Å². The number of nitrogens with zero attached hydrogens (tertiary/aromatic N) is 1. The van der Waals surface area contributed by atoms with Gasteiger partial charge in [-0.25, -0.2) is 12.4 Å². The van der Waals surface area contributed by atoms with Crippen molar-refractivity contribution >= 4 is 42.7 Å². The molecule has 0 bridgehead atoms. The second-order valence-corrected chi connectivity index (χ2v) is 7.84. The summed E-state index contributed by atoms with van der Waals surface area (Å²) in [7, 11) is -3.62. The number of H-pyrrole nitrogens is 1. The van der Waals surface area contributed by atoms with E-state index in [-0.39, 0.29) is 4.90 Å². The van der Waals surface area contributed by atoms with Crippen LogP contribution in [0.3, 0.4) is 0 Å². The highest BCUT2D eigenvalue weighted by Crippen LogP contribution is 2.32. The van der Waals surface area contributed by atoms with Crippen LogP contribution in [0.4, 0.5) is 0 Å². The molecular formula is C20H14N2O2S. The number of rotatable bonds is 2. The molecule has 0 unspecified atom stereocenters. The molecule has 0 spiro atoms. The second-order valence-electron chi connectivity index (χ2n) is 6.02. The summed E-state index contributed by atoms with van der Waals surface area (Å²) < 4.78 is 27.3. The van der Waals surface area contributed by atoms with E-state index in [0.29, 0.717) is 5.52 Å². The van der Waals surface area contributed by atoms with Crippen LogP contribution in [0.15, 0.2) is 83.9 Å². The summed E-state index contributed by atoms with van der Waals surface area (Å²) in [6.45, 7) is 0. The number of para-hydroxylation sites is 1. The van der Waals surface area contributed by atoms with Gasteiger partial charge in [0.1, 0.15) is 0 Å². The number of aromatic amines is 1. The van der Waals surface area contributed by atoms with E-state index in [1.165, 1.54) is 3.97 Å². The minimum atomic E-state index is -3.62. The van der Waals surface area contributed by atoms with Crippen molar-refractivity contribution in [3.8, 4) is 0 Å². The number of hydrogen-bond acceptors (Lipinski definition) is 2. The lowest BCUT2D eigenvalue weighted by molar-refractivity contribution is 0.589. The fourth-order valence-electron chi connectivity index (χ4n) is 3.43. The van der Waals surface area contributed by atoms with E-state index in [0.717, 1.165) is 27.2 Å². The van der Waals surface area contributed by atoms with Gasteiger partial charge in [-0.05, 0) is 30.3 Å². The Bertz CT molecular complexity index is 1350. The van der Waals surface area contributed by atoms with Crippen LogP contribution >= 0.6 is 0 Å². The maximum absolute atomic E-state index is 13.0. The van der Waals surface area contributed by atoms with Gasteiger partial charge in [0.25, 0.3) is 10.0 Å². The summed E-state index contributed by atoms with van der Waals surface area (Å²) in [5, 5.41) is 3.13. The minimum Gasteiger partial charge on any atom is -0.354 e. The lowest BCUT2D eigenvalue weighted by Crippen LogP contribution is -2.11. The van der Waals surface area contributed by atoms with Gasteiger partial charge in [-0.2, -0.15) is 0 Å². The highest BCUT2D eigenvalue weighted by Gasteiger charge is 2.19. The van der Waals surface area contributed by atoms with Gasteiger partial charge in [-0.1, -0.05) is 42.5 Å². The predicted molar refractivity (Wildman–Crippen MR) is 100 cm³/mol. The number of benzene rings is 3. The van der Waals surface area contributed by atoms with Crippen molar-refractivity contribution in [2.24, 2.45) is 0 Å². The zero-order valence-corrected chi connectivity index (χ0v) is 14.0. The average Bonchev–Trinajstić information content (AvgIpc) is 3.24. The molecule has 0 aliphatic rings. The van der Waals surface area contributed by atoms with Crippen molar-refractivity contribution in [1.82, 2.24) is 8.96 Å². The van der Waals surface area contributed by atoms with E-state index in [1.54, 1.807) is 36.5 Å². The maximum atomic E-state index is 13.0. The largest absolute Gasteiger partial charge is 0.354 e. The molecule has 0 radical (unpaired) electrons. The zero-order chi connectivity index (χ0) is 17.0. The minimum absolute atomic E-state index is 0.282. The second kappa shape index (κ2) is 4.97. The van der Waals surface area contributed by atoms with Crippen LogP contribution in [-0.4, -0.2) is 17.4 Å². The molecule has 0 aliphatic heterocycles. The Balaban J connectivity index is 1.83. The van der Waals surface area contributed by atoms with E-state index < -0.39 is 10.0 Å². The first-order valence-corrected chi connectivity index (χ1v) is 9.41. The highest BCUT2D eigenvalue weighted by molar-refractivity contribution is 7.90. The highest BCUT2D eigenvalue weighted by atomic mass is 32.2. The van der Waals surface area contributed by atoms with Crippen LogP contribution in [0, 0.1) is 0 Å². The first-order chi connectivity index (χ1) is 12.2. The summed E-state index contributed by atoms with van der Waals surface area (Å²) in [6.07, 6.45) is 1.62. The van der Waals surface area contributed by atoms with Crippen molar-refractivity contribution in [3.63, 3.8) is 0 Å². The molecule has 0 aliphatic carbocycles. The van der Waals surface area contributed by atoms with Crippen molar-refractivity contribution in [3.05, 3.63) is 79.0 Å². The Labute approximate surface area is 144 Å². The molecule has 1 N–H and O–H groups in total. The topological polar surface area (TPSA) is 54.9 Å². The molecule has 5 rings (SSSR count). The average molecular weight is 346 g/mol. The number of aromatic nitrogens is 2. The molecule has 2 heterocycles. The fraction of sp³-hybridized carbons (Fsp3) is 0. The lowest BCUT2D eigenvalue weighted by atomic mass is 10.1. The molecule has 0 amide bonds. The van der Waals surface area contributed by atoms with Crippen molar-refractivity contribution < 1.29 is 8.42 Å². The zero-order valence-electron chi connectivity index (χ0n) is 13.2. The quantitative estimate of drug-likeness (QED) is 0.511. The monoisotopic (exact) mass is 346 g/mol. The maximum Gasteiger partial charge on any atom is 0.268 e. The van der Waals surface area contributed by atoms with Crippen LogP contribution in [0.5, 0.6) is 0 Å². The first-order valence-electron chi connectivity index (χ1n) is 7.97. The lowest BCUT2D eigenvalue weighted by Gasteiger charge is -2.07. The Morgan fingerprint density at radius 1 is 0.720 bits per heavy atom. The summed E-state index contributed by atoms with van der Waals surface area (Å²) in [6, 6.07) is 22.3. The molecule has 5 heteroatoms. The Kier molecular flexibility index (Phi) is 2.85. The molecule has 3 aromatic carbocycles. The van der Waals surface area contributed by atoms with Crippen LogP contribution in [0.25, 0.3) is 32.7 Å². The van der Waals surface area contributed by atoms with Crippen molar-refractivity contribution in [2.75, 3.05) is 0 Å². The summed E-state index contributed by atoms with van der Waals surface area (Å²) in [5.74, 6) is 0. The molecule has 4 nitrogen and oxygen atoms in total. The standard InChI is InChI=1S/C20H14N2O2S/c23-25(24,14-6-2-1-3-7-14)22-13-12-17-19(22)11-10-16-15-8-4-5-9-18(15)21-20(16)17/h1-13,21H. The molecule has 0 saturated carbocycles. The first kappa shape index (κ1) is 14.3. The van der Waals surface area contributed by atoms with Gasteiger partial charge in [0.2, 0.25) is 0 Å². The van der Waals surface area contributed by atoms with Gasteiger partial charge in [0.05, 0.1) is 15.9 Å². The molecule has 122 valence electrons. The number of fused-ring (bicyclic) bond motifs is 5. The van der Waals surface area contributed by atoms with Crippen LogP contribution in [0.2, 0.25) is 0 Å². The van der Waals surface area contributed by atoms with Gasteiger partial charge < -0.3 is 4.98 Å². The molecule has 0 saturated heterocycles. The van der Waals surface area contributed by atoms with Crippen LogP contribution in [0.1, 0.15) is 0 Å². The van der Waals surface area contributed by atoms with E-state index in [1.807, 2.05) is 36.4 Å². The smallest absolute Gasteiger partial charge is 0.268 e. The summed E-state index contributed by atoms with van der Waals surface area (Å²) in [4.78, 5) is 3.70. The SMILES string of the molecule is O=S(=O)(c1ccccc1)n1ccc2c3[nH]c4ccccc4c3ccc21. The van der Waals surface area contributed by atoms with Crippen LogP contribution < -0.4 is 0 Å². The number of hydrogen-bond donors (Lipinski definition) is 1. The van der Waals surface area contributed by atoms with Crippen molar-refractivity contribution in [2.45, 2.75) is 4.90 Å². The molecule has 25 heavy (non-hydrogen) atoms. The Morgan fingerprint density at radius 3 is 2.32 bits per heavy atom. The molecule has 0 atom stereocenters. The van der Waals surface area contributed by atoms with E-state index in [2.05, 4.69) is 11.1 Å². The third-order valence-electron chi connectivity index (χ3n) is 4.61. The molecule has 2 aromatic heterocycles. The predicted octanol–water partition coefficient (Wildman–Crippen LogP) is 4.51. The van der Waals surface area contributed by atoms with Crippen molar-refractivity contribution in [1.29, 1.82) is 0 Å². The van der Waals surface area contributed by atoms with E-state index >= 15 is 0 Å². The van der Waals surface area contributed by atoms with Gasteiger partial charge in [-0.3, -0.25) is 0 Å². The molecule has 5 aromatic rings. The Hall–Kier alpha value is -3.05. The van der Waals surface area contributed by atoms with Gasteiger partial charge in [0, 0.05) is 27.9 Å². The Morgan fingerprint density at radius 2 is 1.48 bits per heavy atom. The molecular weight excluding hydrogens is 332 g/mol. The third kappa shape index (κ3) is 1.96. The van der Waals surface area contributed by atoms with Gasteiger partial charge in [0.15, 0.2) is 0 Å². The molecule has 0 fully saturated rings. The van der Waals surface area contributed by atoms with E-state index in [4.69, 9.17) is 0 Å². The summed E-state index contributed by atoms with van der Waals surface area (Å²) >= 11 is 0. The van der Waals surface area contributed by atoms with Gasteiger partial charge >= 0.3 is 0 Å². The third-order valence-corrected chi connectivity index (χ3v) is 6.32. The normalized spacial score (nSPS) is 12.3. The number of nitrogens with one attached hydrogen (secondary N) is 1. The summed E-state index contributed by atoms with van der Waals surface area (Å²) in [5.41, 5.74) is 2.67. The van der Waals surface area contributed by atoms with E-state index in [9.17, 15) is 8.42 Å².